The van der Waals surface area contributed by atoms with E-state index in [0.717, 1.165) is 5.75 Å². The van der Waals surface area contributed by atoms with E-state index in [0.29, 0.717) is 5.75 Å². The lowest BCUT2D eigenvalue weighted by Gasteiger charge is -2.03. The number of hydrogen-bond donors (Lipinski definition) is 2. The first kappa shape index (κ1) is 8.78. The predicted octanol–water partition coefficient (Wildman–Crippen LogP) is -0.448. The summed E-state index contributed by atoms with van der Waals surface area (Å²) in [4.78, 5) is 10.3. The minimum absolute atomic E-state index is 0.420. The van der Waals surface area contributed by atoms with Crippen LogP contribution in [0.25, 0.3) is 0 Å². The van der Waals surface area contributed by atoms with Crippen molar-refractivity contribution in [1.29, 1.82) is 0 Å². The van der Waals surface area contributed by atoms with Gasteiger partial charge in [-0.2, -0.15) is 11.8 Å². The second-order valence-corrected chi connectivity index (χ2v) is 2.99. The number of primary amides is 1. The van der Waals surface area contributed by atoms with Gasteiger partial charge in [0, 0.05) is 5.75 Å². The third-order valence-corrected chi connectivity index (χ3v) is 1.87. The lowest BCUT2D eigenvalue weighted by Crippen LogP contribution is -2.38. The largest absolute Gasteiger partial charge is 0.368 e. The molecule has 0 aromatic rings. The van der Waals surface area contributed by atoms with E-state index < -0.39 is 11.9 Å². The highest BCUT2D eigenvalue weighted by molar-refractivity contribution is 7.99. The molecule has 0 aromatic heterocycles. The van der Waals surface area contributed by atoms with Crippen molar-refractivity contribution in [3.8, 4) is 0 Å². The quantitative estimate of drug-likeness (QED) is 0.567. The average Bonchev–Trinajstić information content (AvgIpc) is 1.82. The molecule has 3 nitrogen and oxygen atoms in total. The third-order valence-electron chi connectivity index (χ3n) is 0.867. The molecule has 0 bridgehead atoms. The van der Waals surface area contributed by atoms with Gasteiger partial charge in [0.2, 0.25) is 5.91 Å². The smallest absolute Gasteiger partial charge is 0.235 e. The Bertz CT molecular complexity index is 97.0. The molecule has 1 amide bonds. The van der Waals surface area contributed by atoms with Gasteiger partial charge in [-0.15, -0.1) is 0 Å². The number of rotatable bonds is 4. The highest BCUT2D eigenvalue weighted by Crippen LogP contribution is 1.98. The zero-order valence-corrected chi connectivity index (χ0v) is 6.28. The lowest BCUT2D eigenvalue weighted by molar-refractivity contribution is -0.118. The average molecular weight is 148 g/mol. The van der Waals surface area contributed by atoms with Gasteiger partial charge in [-0.3, -0.25) is 4.79 Å². The van der Waals surface area contributed by atoms with Crippen molar-refractivity contribution in [2.24, 2.45) is 11.5 Å². The molecule has 0 aliphatic rings. The van der Waals surface area contributed by atoms with Crippen molar-refractivity contribution < 1.29 is 4.79 Å². The number of hydrogen-bond acceptors (Lipinski definition) is 3. The monoisotopic (exact) mass is 148 g/mol. The summed E-state index contributed by atoms with van der Waals surface area (Å²) in [6.45, 7) is 2.01. The number of amides is 1. The van der Waals surface area contributed by atoms with Crippen LogP contribution in [-0.2, 0) is 4.79 Å². The molecule has 9 heavy (non-hydrogen) atoms. The van der Waals surface area contributed by atoms with Crippen molar-refractivity contribution in [3.05, 3.63) is 0 Å². The first-order valence-electron chi connectivity index (χ1n) is 2.81. The van der Waals surface area contributed by atoms with Crippen molar-refractivity contribution >= 4 is 17.7 Å². The highest BCUT2D eigenvalue weighted by Gasteiger charge is 2.06. The summed E-state index contributed by atoms with van der Waals surface area (Å²) < 4.78 is 0. The molecule has 1 atom stereocenters. The Hall–Kier alpha value is -0.220. The maximum Gasteiger partial charge on any atom is 0.235 e. The lowest BCUT2D eigenvalue weighted by atomic mass is 10.3. The Morgan fingerprint density at radius 3 is 2.67 bits per heavy atom. The van der Waals surface area contributed by atoms with E-state index in [1.807, 2.05) is 6.92 Å². The topological polar surface area (TPSA) is 69.1 Å². The molecule has 0 rings (SSSR count). The first-order valence-corrected chi connectivity index (χ1v) is 3.96. The van der Waals surface area contributed by atoms with Gasteiger partial charge in [0.15, 0.2) is 0 Å². The zero-order valence-electron chi connectivity index (χ0n) is 5.46. The SMILES string of the molecule is CCSC[C@H](N)C(N)=O. The number of nitrogens with two attached hydrogens (primary N) is 2. The summed E-state index contributed by atoms with van der Waals surface area (Å²) in [7, 11) is 0. The van der Waals surface area contributed by atoms with Gasteiger partial charge in [-0.25, -0.2) is 0 Å². The molecule has 0 saturated carbocycles. The van der Waals surface area contributed by atoms with Crippen LogP contribution in [0.4, 0.5) is 0 Å². The Morgan fingerprint density at radius 1 is 1.78 bits per heavy atom. The summed E-state index contributed by atoms with van der Waals surface area (Å²) in [5.41, 5.74) is 10.2. The number of carbonyl (C=O) groups excluding carboxylic acids is 1. The maximum absolute atomic E-state index is 10.3. The molecular formula is C5H12N2OS. The van der Waals surface area contributed by atoms with Crippen molar-refractivity contribution in [2.75, 3.05) is 11.5 Å². The molecule has 4 N–H and O–H groups in total. The molecule has 0 unspecified atom stereocenters. The van der Waals surface area contributed by atoms with Gasteiger partial charge in [0.25, 0.3) is 0 Å². The van der Waals surface area contributed by atoms with E-state index in [9.17, 15) is 4.79 Å². The molecule has 0 radical (unpaired) electrons. The van der Waals surface area contributed by atoms with E-state index in [1.54, 1.807) is 11.8 Å². The minimum Gasteiger partial charge on any atom is -0.368 e. The van der Waals surface area contributed by atoms with Gasteiger partial charge in [0.05, 0.1) is 6.04 Å². The van der Waals surface area contributed by atoms with Crippen LogP contribution in [0, 0.1) is 0 Å². The molecule has 0 spiro atoms. The Balaban J connectivity index is 3.27. The molecule has 0 aliphatic carbocycles. The van der Waals surface area contributed by atoms with Crippen LogP contribution >= 0.6 is 11.8 Å². The van der Waals surface area contributed by atoms with Crippen LogP contribution < -0.4 is 11.5 Å². The second-order valence-electron chi connectivity index (χ2n) is 1.67. The summed E-state index contributed by atoms with van der Waals surface area (Å²) in [6, 6.07) is -0.477. The van der Waals surface area contributed by atoms with E-state index in [2.05, 4.69) is 0 Å². The van der Waals surface area contributed by atoms with Crippen molar-refractivity contribution in [2.45, 2.75) is 13.0 Å². The fraction of sp³-hybridized carbons (Fsp3) is 0.800. The van der Waals surface area contributed by atoms with E-state index in [1.165, 1.54) is 0 Å². The molecule has 0 aliphatic heterocycles. The molecule has 0 saturated heterocycles. The second kappa shape index (κ2) is 4.64. The summed E-state index contributed by atoms with van der Waals surface area (Å²) in [5.74, 6) is 1.18. The highest BCUT2D eigenvalue weighted by atomic mass is 32.2. The third kappa shape index (κ3) is 4.29. The summed E-state index contributed by atoms with van der Waals surface area (Å²) >= 11 is 1.62. The first-order chi connectivity index (χ1) is 4.18. The van der Waals surface area contributed by atoms with Gasteiger partial charge in [0.1, 0.15) is 0 Å². The van der Waals surface area contributed by atoms with E-state index in [-0.39, 0.29) is 0 Å². The minimum atomic E-state index is -0.477. The molecule has 0 aromatic carbocycles. The van der Waals surface area contributed by atoms with Crippen LogP contribution in [0.3, 0.4) is 0 Å². The Labute approximate surface area is 59.2 Å². The molecule has 54 valence electrons. The summed E-state index contributed by atoms with van der Waals surface area (Å²) in [5, 5.41) is 0. The summed E-state index contributed by atoms with van der Waals surface area (Å²) in [6.07, 6.45) is 0. The Morgan fingerprint density at radius 2 is 2.33 bits per heavy atom. The van der Waals surface area contributed by atoms with Gasteiger partial charge >= 0.3 is 0 Å². The van der Waals surface area contributed by atoms with Crippen LogP contribution in [-0.4, -0.2) is 23.5 Å². The van der Waals surface area contributed by atoms with E-state index >= 15 is 0 Å². The molecular weight excluding hydrogens is 136 g/mol. The number of thioether (sulfide) groups is 1. The fourth-order valence-corrected chi connectivity index (χ4v) is 0.981. The van der Waals surface area contributed by atoms with Crippen LogP contribution in [0.15, 0.2) is 0 Å². The predicted molar refractivity (Wildman–Crippen MR) is 40.2 cm³/mol. The van der Waals surface area contributed by atoms with Gasteiger partial charge < -0.3 is 11.5 Å². The van der Waals surface area contributed by atoms with Crippen molar-refractivity contribution in [1.82, 2.24) is 0 Å². The van der Waals surface area contributed by atoms with Crippen molar-refractivity contribution in [3.63, 3.8) is 0 Å². The number of carbonyl (C=O) groups is 1. The molecule has 4 heteroatoms. The zero-order chi connectivity index (χ0) is 7.28. The molecule has 0 heterocycles. The fourth-order valence-electron chi connectivity index (χ4n) is 0.327. The van der Waals surface area contributed by atoms with E-state index in [4.69, 9.17) is 11.5 Å². The standard InChI is InChI=1S/C5H12N2OS/c1-2-9-3-4(6)5(7)8/h4H,2-3,6H2,1H3,(H2,7,8)/t4-/m0/s1. The van der Waals surface area contributed by atoms with Gasteiger partial charge in [-0.05, 0) is 5.75 Å². The molecule has 0 fully saturated rings. The van der Waals surface area contributed by atoms with Gasteiger partial charge in [-0.1, -0.05) is 6.92 Å². The Kier molecular flexibility index (Phi) is 4.53. The van der Waals surface area contributed by atoms with Crippen LogP contribution in [0.1, 0.15) is 6.92 Å². The maximum atomic E-state index is 10.3. The normalized spacial score (nSPS) is 13.1. The van der Waals surface area contributed by atoms with Crippen LogP contribution in [0.5, 0.6) is 0 Å². The van der Waals surface area contributed by atoms with Crippen LogP contribution in [0.2, 0.25) is 0 Å².